The van der Waals surface area contributed by atoms with Crippen molar-refractivity contribution in [1.82, 2.24) is 0 Å². The lowest BCUT2D eigenvalue weighted by Gasteiger charge is -2.21. The first-order chi connectivity index (χ1) is 14.5. The van der Waals surface area contributed by atoms with Gasteiger partial charge in [0.15, 0.2) is 17.1 Å². The van der Waals surface area contributed by atoms with Crippen LogP contribution >= 0.6 is 0 Å². The van der Waals surface area contributed by atoms with E-state index < -0.39 is 11.7 Å². The molecule has 0 fully saturated rings. The molecule has 0 saturated heterocycles. The Bertz CT molecular complexity index is 643. The van der Waals surface area contributed by atoms with Crippen molar-refractivity contribution in [1.29, 1.82) is 0 Å². The summed E-state index contributed by atoms with van der Waals surface area (Å²) in [6.45, 7) is 8.64. The van der Waals surface area contributed by atoms with Crippen molar-refractivity contribution in [3.8, 4) is 28.7 Å². The Labute approximate surface area is 180 Å². The fourth-order valence-electron chi connectivity index (χ4n) is 3.22. The maximum Gasteiger partial charge on any atom is 0.343 e. The number of carboxylic acid groups (broad SMARTS) is 1. The number of unbranched alkanes of at least 4 members (excludes halogenated alkanes) is 7. The summed E-state index contributed by atoms with van der Waals surface area (Å²) in [5.41, 5.74) is -0.380. The van der Waals surface area contributed by atoms with Crippen molar-refractivity contribution in [2.75, 3.05) is 26.4 Å². The molecule has 0 radical (unpaired) electrons. The van der Waals surface area contributed by atoms with Crippen molar-refractivity contribution < 1.29 is 34.0 Å². The first kappa shape index (κ1) is 25.7. The second-order valence-electron chi connectivity index (χ2n) is 6.97. The number of phenols is 1. The summed E-state index contributed by atoms with van der Waals surface area (Å²) in [5, 5.41) is 20.3. The van der Waals surface area contributed by atoms with Gasteiger partial charge in [0.1, 0.15) is 0 Å². The highest BCUT2D eigenvalue weighted by Crippen LogP contribution is 2.53. The Kier molecular flexibility index (Phi) is 12.6. The minimum Gasteiger partial charge on any atom is -0.503 e. The van der Waals surface area contributed by atoms with Crippen molar-refractivity contribution in [3.63, 3.8) is 0 Å². The maximum absolute atomic E-state index is 11.8. The third-order valence-corrected chi connectivity index (χ3v) is 4.62. The van der Waals surface area contributed by atoms with Gasteiger partial charge in [-0.25, -0.2) is 4.79 Å². The number of hydrogen-bond donors (Lipinski definition) is 2. The molecular weight excluding hydrogens is 388 g/mol. The molecule has 30 heavy (non-hydrogen) atoms. The zero-order valence-corrected chi connectivity index (χ0v) is 18.9. The highest BCUT2D eigenvalue weighted by Gasteiger charge is 2.32. The van der Waals surface area contributed by atoms with Gasteiger partial charge in [0.05, 0.1) is 26.4 Å². The predicted molar refractivity (Wildman–Crippen MR) is 117 cm³/mol. The first-order valence-electron chi connectivity index (χ1n) is 11.2. The molecule has 1 aromatic rings. The lowest BCUT2D eigenvalue weighted by atomic mass is 10.1. The summed E-state index contributed by atoms with van der Waals surface area (Å²) in [7, 11) is 0. The number of hydrogen-bond acceptors (Lipinski definition) is 6. The third kappa shape index (κ3) is 7.50. The van der Waals surface area contributed by atoms with Crippen LogP contribution < -0.4 is 18.9 Å². The molecule has 1 rings (SSSR count). The molecule has 7 nitrogen and oxygen atoms in total. The van der Waals surface area contributed by atoms with Gasteiger partial charge in [-0.3, -0.25) is 0 Å². The molecular formula is C23H38O7. The lowest BCUT2D eigenvalue weighted by molar-refractivity contribution is 0.0686. The van der Waals surface area contributed by atoms with Gasteiger partial charge in [0, 0.05) is 0 Å². The maximum atomic E-state index is 11.8. The lowest BCUT2D eigenvalue weighted by Crippen LogP contribution is -2.11. The Morgan fingerprint density at radius 2 is 1.13 bits per heavy atom. The average molecular weight is 427 g/mol. The van der Waals surface area contributed by atoms with Gasteiger partial charge in [-0.2, -0.15) is 0 Å². The number of ether oxygens (including phenoxy) is 4. The molecule has 0 amide bonds. The second kappa shape index (κ2) is 14.6. The van der Waals surface area contributed by atoms with E-state index in [1.165, 1.54) is 32.1 Å². The fraction of sp³-hybridized carbons (Fsp3) is 0.696. The average Bonchev–Trinajstić information content (AvgIpc) is 2.71. The van der Waals surface area contributed by atoms with Crippen LogP contribution in [0, 0.1) is 0 Å². The van der Waals surface area contributed by atoms with E-state index in [2.05, 4.69) is 6.92 Å². The van der Waals surface area contributed by atoms with Crippen LogP contribution in [-0.4, -0.2) is 42.6 Å². The SMILES string of the molecule is CCCCCCCCCCOc1c(O)c(C(=O)O)c(OCC)c(OCC)c1OCC. The van der Waals surface area contributed by atoms with E-state index in [0.29, 0.717) is 13.2 Å². The van der Waals surface area contributed by atoms with Crippen LogP contribution in [0.2, 0.25) is 0 Å². The van der Waals surface area contributed by atoms with Crippen LogP contribution in [-0.2, 0) is 0 Å². The smallest absolute Gasteiger partial charge is 0.343 e. The predicted octanol–water partition coefficient (Wildman–Crippen LogP) is 5.81. The minimum absolute atomic E-state index is 0.0101. The number of rotatable bonds is 17. The topological polar surface area (TPSA) is 94.5 Å². The number of carbonyl (C=O) groups is 1. The Hall–Kier alpha value is -2.31. The second-order valence-corrected chi connectivity index (χ2v) is 6.97. The molecule has 0 heterocycles. The molecule has 0 spiro atoms. The standard InChI is InChI=1S/C23H38O7/c1-5-9-10-11-12-13-14-15-16-30-20-18(24)17(23(25)26)19(27-6-2)21(28-7-3)22(20)29-8-4/h24H,5-16H2,1-4H3,(H,25,26). The molecule has 2 N–H and O–H groups in total. The Morgan fingerprint density at radius 1 is 0.667 bits per heavy atom. The molecule has 0 bridgehead atoms. The van der Waals surface area contributed by atoms with E-state index >= 15 is 0 Å². The highest BCUT2D eigenvalue weighted by atomic mass is 16.6. The Balaban J connectivity index is 2.99. The van der Waals surface area contributed by atoms with Crippen LogP contribution in [0.15, 0.2) is 0 Å². The molecule has 7 heteroatoms. The molecule has 0 aliphatic carbocycles. The summed E-state index contributed by atoms with van der Waals surface area (Å²) < 4.78 is 22.6. The number of aromatic hydroxyl groups is 1. The van der Waals surface area contributed by atoms with Crippen LogP contribution in [0.5, 0.6) is 28.7 Å². The molecule has 0 aliphatic rings. The first-order valence-corrected chi connectivity index (χ1v) is 11.2. The molecule has 0 aliphatic heterocycles. The van der Waals surface area contributed by atoms with E-state index in [1.807, 2.05) is 0 Å². The zero-order valence-electron chi connectivity index (χ0n) is 18.9. The quantitative estimate of drug-likeness (QED) is 0.304. The summed E-state index contributed by atoms with van der Waals surface area (Å²) in [6, 6.07) is 0. The third-order valence-electron chi connectivity index (χ3n) is 4.62. The van der Waals surface area contributed by atoms with Gasteiger partial charge < -0.3 is 29.2 Å². The molecule has 0 aromatic heterocycles. The van der Waals surface area contributed by atoms with Crippen molar-refractivity contribution in [3.05, 3.63) is 5.56 Å². The number of aromatic carboxylic acids is 1. The van der Waals surface area contributed by atoms with Crippen LogP contribution in [0.3, 0.4) is 0 Å². The van der Waals surface area contributed by atoms with Gasteiger partial charge in [-0.15, -0.1) is 0 Å². The van der Waals surface area contributed by atoms with E-state index in [1.54, 1.807) is 20.8 Å². The Morgan fingerprint density at radius 3 is 1.63 bits per heavy atom. The van der Waals surface area contributed by atoms with E-state index in [-0.39, 0.29) is 41.8 Å². The summed E-state index contributed by atoms with van der Waals surface area (Å²) in [4.78, 5) is 11.8. The molecule has 0 saturated carbocycles. The van der Waals surface area contributed by atoms with Crippen molar-refractivity contribution >= 4 is 5.97 Å². The fourth-order valence-corrected chi connectivity index (χ4v) is 3.22. The van der Waals surface area contributed by atoms with E-state index in [9.17, 15) is 15.0 Å². The highest BCUT2D eigenvalue weighted by molar-refractivity contribution is 5.97. The van der Waals surface area contributed by atoms with Gasteiger partial charge in [-0.05, 0) is 27.2 Å². The molecule has 0 unspecified atom stereocenters. The monoisotopic (exact) mass is 426 g/mol. The molecule has 172 valence electrons. The van der Waals surface area contributed by atoms with Gasteiger partial charge in [0.25, 0.3) is 0 Å². The summed E-state index contributed by atoms with van der Waals surface area (Å²) in [6.07, 6.45) is 9.21. The van der Waals surface area contributed by atoms with Crippen molar-refractivity contribution in [2.45, 2.75) is 79.1 Å². The molecule has 1 aromatic carbocycles. The largest absolute Gasteiger partial charge is 0.503 e. The van der Waals surface area contributed by atoms with Gasteiger partial charge in [-0.1, -0.05) is 51.9 Å². The zero-order chi connectivity index (χ0) is 22.4. The van der Waals surface area contributed by atoms with E-state index in [4.69, 9.17) is 18.9 Å². The van der Waals surface area contributed by atoms with Crippen LogP contribution in [0.25, 0.3) is 0 Å². The summed E-state index contributed by atoms with van der Waals surface area (Å²) >= 11 is 0. The van der Waals surface area contributed by atoms with E-state index in [0.717, 1.165) is 19.3 Å². The minimum atomic E-state index is -1.32. The van der Waals surface area contributed by atoms with Gasteiger partial charge >= 0.3 is 5.97 Å². The van der Waals surface area contributed by atoms with Crippen LogP contribution in [0.4, 0.5) is 0 Å². The number of carboxylic acids is 1. The van der Waals surface area contributed by atoms with Crippen LogP contribution in [0.1, 0.15) is 89.4 Å². The molecule has 0 atom stereocenters. The number of benzene rings is 1. The van der Waals surface area contributed by atoms with Gasteiger partial charge in [0.2, 0.25) is 17.2 Å². The van der Waals surface area contributed by atoms with Crippen molar-refractivity contribution in [2.24, 2.45) is 0 Å². The summed E-state index contributed by atoms with van der Waals surface area (Å²) in [5.74, 6) is -1.57. The normalized spacial score (nSPS) is 10.7.